The maximum absolute atomic E-state index is 6.34. The van der Waals surface area contributed by atoms with Crippen molar-refractivity contribution in [3.8, 4) is 0 Å². The van der Waals surface area contributed by atoms with Crippen LogP contribution in [-0.4, -0.2) is 25.3 Å². The highest BCUT2D eigenvalue weighted by molar-refractivity contribution is 6.36. The van der Waals surface area contributed by atoms with Crippen molar-refractivity contribution in [3.05, 3.63) is 33.8 Å². The van der Waals surface area contributed by atoms with Crippen molar-refractivity contribution < 1.29 is 4.74 Å². The van der Waals surface area contributed by atoms with Crippen LogP contribution in [0.4, 0.5) is 0 Å². The summed E-state index contributed by atoms with van der Waals surface area (Å²) in [6.07, 6.45) is 6.78. The number of hydrogen-bond acceptors (Lipinski definition) is 2. The average molecular weight is 330 g/mol. The summed E-state index contributed by atoms with van der Waals surface area (Å²) in [4.78, 5) is 0. The van der Waals surface area contributed by atoms with Gasteiger partial charge in [0.1, 0.15) is 0 Å². The van der Waals surface area contributed by atoms with Gasteiger partial charge in [-0.3, -0.25) is 0 Å². The average Bonchev–Trinajstić information content (AvgIpc) is 2.48. The van der Waals surface area contributed by atoms with Crippen molar-refractivity contribution in [2.24, 2.45) is 0 Å². The van der Waals surface area contributed by atoms with Crippen LogP contribution in [0.5, 0.6) is 0 Å². The fourth-order valence-electron chi connectivity index (χ4n) is 3.51. The fourth-order valence-corrected chi connectivity index (χ4v) is 4.07. The van der Waals surface area contributed by atoms with Crippen LogP contribution >= 0.6 is 23.2 Å². The third kappa shape index (κ3) is 3.92. The molecule has 118 valence electrons. The zero-order valence-corrected chi connectivity index (χ0v) is 14.4. The Bertz CT molecular complexity index is 432. The molecular weight excluding hydrogens is 305 g/mol. The molecule has 1 fully saturated rings. The molecule has 4 heteroatoms. The van der Waals surface area contributed by atoms with Gasteiger partial charge in [-0.05, 0) is 50.9 Å². The Balaban J connectivity index is 2.24. The van der Waals surface area contributed by atoms with E-state index < -0.39 is 0 Å². The highest BCUT2D eigenvalue weighted by Crippen LogP contribution is 2.37. The smallest absolute Gasteiger partial charge is 0.0837 e. The molecule has 0 aliphatic heterocycles. The molecule has 0 aromatic heterocycles. The fraction of sp³-hybridized carbons (Fsp3) is 0.647. The number of rotatable bonds is 6. The molecule has 0 saturated heterocycles. The van der Waals surface area contributed by atoms with Crippen molar-refractivity contribution in [1.29, 1.82) is 0 Å². The standard InChI is InChI=1S/C17H25Cl2NO/c1-3-21-17(10-5-4-6-11-17)16(20-2)12-13-14(18)8-7-9-15(13)19/h7-9,16,20H,3-6,10-12H2,1-2H3. The predicted octanol–water partition coefficient (Wildman–Crippen LogP) is 4.86. The Morgan fingerprint density at radius 1 is 1.19 bits per heavy atom. The Morgan fingerprint density at radius 3 is 2.33 bits per heavy atom. The van der Waals surface area contributed by atoms with Gasteiger partial charge in [-0.25, -0.2) is 0 Å². The third-order valence-corrected chi connectivity index (χ3v) is 5.29. The Morgan fingerprint density at radius 2 is 1.81 bits per heavy atom. The number of hydrogen-bond donors (Lipinski definition) is 1. The Kier molecular flexibility index (Phi) is 6.36. The highest BCUT2D eigenvalue weighted by atomic mass is 35.5. The van der Waals surface area contributed by atoms with Gasteiger partial charge in [-0.1, -0.05) is 48.5 Å². The minimum absolute atomic E-state index is 0.0930. The number of nitrogens with one attached hydrogen (secondary N) is 1. The van der Waals surface area contributed by atoms with E-state index >= 15 is 0 Å². The van der Waals surface area contributed by atoms with Gasteiger partial charge >= 0.3 is 0 Å². The first kappa shape index (κ1) is 17.1. The van der Waals surface area contributed by atoms with Gasteiger partial charge in [0.25, 0.3) is 0 Å². The van der Waals surface area contributed by atoms with E-state index in [9.17, 15) is 0 Å². The minimum Gasteiger partial charge on any atom is -0.374 e. The molecule has 1 N–H and O–H groups in total. The van der Waals surface area contributed by atoms with Gasteiger partial charge < -0.3 is 10.1 Å². The van der Waals surface area contributed by atoms with E-state index in [2.05, 4.69) is 12.2 Å². The third-order valence-electron chi connectivity index (χ3n) is 4.59. The minimum atomic E-state index is -0.0930. The summed E-state index contributed by atoms with van der Waals surface area (Å²) in [5.41, 5.74) is 0.925. The molecule has 0 heterocycles. The lowest BCUT2D eigenvalue weighted by Gasteiger charge is -2.43. The maximum Gasteiger partial charge on any atom is 0.0837 e. The topological polar surface area (TPSA) is 21.3 Å². The number of halogens is 2. The summed E-state index contributed by atoms with van der Waals surface area (Å²) >= 11 is 12.7. The summed E-state index contributed by atoms with van der Waals surface area (Å²) in [7, 11) is 2.00. The zero-order valence-electron chi connectivity index (χ0n) is 12.9. The van der Waals surface area contributed by atoms with Crippen LogP contribution in [0.3, 0.4) is 0 Å². The lowest BCUT2D eigenvalue weighted by molar-refractivity contribution is -0.0883. The van der Waals surface area contributed by atoms with Crippen LogP contribution < -0.4 is 5.32 Å². The predicted molar refractivity (Wildman–Crippen MR) is 90.5 cm³/mol. The second kappa shape index (κ2) is 7.82. The van der Waals surface area contributed by atoms with Crippen molar-refractivity contribution in [3.63, 3.8) is 0 Å². The number of ether oxygens (including phenoxy) is 1. The van der Waals surface area contributed by atoms with E-state index in [1.165, 1.54) is 19.3 Å². The molecule has 1 aliphatic carbocycles. The van der Waals surface area contributed by atoms with Gasteiger partial charge in [-0.15, -0.1) is 0 Å². The van der Waals surface area contributed by atoms with Gasteiger partial charge in [0.15, 0.2) is 0 Å². The first-order valence-electron chi connectivity index (χ1n) is 7.87. The first-order valence-corrected chi connectivity index (χ1v) is 8.62. The second-order valence-corrected chi connectivity index (χ2v) is 6.62. The molecule has 1 aliphatic rings. The van der Waals surface area contributed by atoms with Crippen molar-refractivity contribution >= 4 is 23.2 Å². The summed E-state index contributed by atoms with van der Waals surface area (Å²) < 4.78 is 6.23. The normalized spacial score (nSPS) is 19.4. The molecule has 1 atom stereocenters. The summed E-state index contributed by atoms with van der Waals surface area (Å²) in [5.74, 6) is 0. The molecule has 1 aromatic carbocycles. The summed E-state index contributed by atoms with van der Waals surface area (Å²) in [6.45, 7) is 2.82. The molecule has 1 saturated carbocycles. The van der Waals surface area contributed by atoms with Crippen LogP contribution in [0.15, 0.2) is 18.2 Å². The summed E-state index contributed by atoms with van der Waals surface area (Å²) in [6, 6.07) is 5.93. The van der Waals surface area contributed by atoms with Crippen LogP contribution in [0.1, 0.15) is 44.6 Å². The van der Waals surface area contributed by atoms with Gasteiger partial charge in [0, 0.05) is 22.7 Å². The van der Waals surface area contributed by atoms with Gasteiger partial charge in [0.2, 0.25) is 0 Å². The molecule has 0 spiro atoms. The van der Waals surface area contributed by atoms with Crippen LogP contribution in [0.25, 0.3) is 0 Å². The van der Waals surface area contributed by atoms with Gasteiger partial charge in [0.05, 0.1) is 5.60 Å². The van der Waals surface area contributed by atoms with E-state index in [4.69, 9.17) is 27.9 Å². The SMILES string of the molecule is CCOC1(C(Cc2c(Cl)cccc2Cl)NC)CCCCC1. The lowest BCUT2D eigenvalue weighted by Crippen LogP contribution is -2.54. The van der Waals surface area contributed by atoms with E-state index in [0.717, 1.165) is 41.5 Å². The second-order valence-electron chi connectivity index (χ2n) is 5.80. The van der Waals surface area contributed by atoms with Crippen molar-refractivity contribution in [1.82, 2.24) is 5.32 Å². The largest absolute Gasteiger partial charge is 0.374 e. The molecule has 0 radical (unpaired) electrons. The molecule has 2 nitrogen and oxygen atoms in total. The summed E-state index contributed by atoms with van der Waals surface area (Å²) in [5, 5.41) is 4.94. The quantitative estimate of drug-likeness (QED) is 0.804. The van der Waals surface area contributed by atoms with Crippen LogP contribution in [0, 0.1) is 0 Å². The van der Waals surface area contributed by atoms with E-state index in [-0.39, 0.29) is 11.6 Å². The highest BCUT2D eigenvalue weighted by Gasteiger charge is 2.40. The van der Waals surface area contributed by atoms with Gasteiger partial charge in [-0.2, -0.15) is 0 Å². The van der Waals surface area contributed by atoms with Crippen LogP contribution in [0.2, 0.25) is 10.0 Å². The zero-order chi connectivity index (χ0) is 15.3. The molecule has 2 rings (SSSR count). The Hall–Kier alpha value is -0.280. The van der Waals surface area contributed by atoms with Crippen molar-refractivity contribution in [2.45, 2.75) is 57.1 Å². The van der Waals surface area contributed by atoms with Crippen molar-refractivity contribution in [2.75, 3.05) is 13.7 Å². The molecule has 21 heavy (non-hydrogen) atoms. The van der Waals surface area contributed by atoms with E-state index in [1.54, 1.807) is 0 Å². The van der Waals surface area contributed by atoms with E-state index in [1.807, 2.05) is 25.2 Å². The molecule has 1 unspecified atom stereocenters. The Labute approximate surface area is 138 Å². The molecule has 1 aromatic rings. The molecule has 0 bridgehead atoms. The first-order chi connectivity index (χ1) is 10.1. The number of benzene rings is 1. The monoisotopic (exact) mass is 329 g/mol. The van der Waals surface area contributed by atoms with E-state index in [0.29, 0.717) is 0 Å². The molecular formula is C17H25Cl2NO. The maximum atomic E-state index is 6.34. The van der Waals surface area contributed by atoms with Crippen LogP contribution in [-0.2, 0) is 11.2 Å². The molecule has 0 amide bonds. The number of likely N-dealkylation sites (N-methyl/N-ethyl adjacent to an activating group) is 1. The lowest BCUT2D eigenvalue weighted by atomic mass is 9.77.